The van der Waals surface area contributed by atoms with E-state index >= 15 is 0 Å². The summed E-state index contributed by atoms with van der Waals surface area (Å²) in [4.78, 5) is 32.1. The number of hydrogen-bond acceptors (Lipinski definition) is 7. The molecule has 0 fully saturated rings. The van der Waals surface area contributed by atoms with Crippen molar-refractivity contribution in [3.63, 3.8) is 0 Å². The lowest BCUT2D eigenvalue weighted by Crippen LogP contribution is -2.37. The maximum atomic E-state index is 13.3. The predicted octanol–water partition coefficient (Wildman–Crippen LogP) is 4.07. The molecule has 0 spiro atoms. The Hall–Kier alpha value is -2.75. The number of hydrogen-bond donors (Lipinski definition) is 0. The van der Waals surface area contributed by atoms with Crippen molar-refractivity contribution in [2.24, 2.45) is 0 Å². The summed E-state index contributed by atoms with van der Waals surface area (Å²) in [6, 6.07) is 9.39. The normalized spacial score (nSPS) is 11.1. The number of nitrogens with zero attached hydrogens (tertiary/aromatic N) is 4. The molecule has 29 heavy (non-hydrogen) atoms. The molecule has 0 aliphatic rings. The first-order valence-corrected chi connectivity index (χ1v) is 9.84. The molecule has 0 N–H and O–H groups in total. The highest BCUT2D eigenvalue weighted by Gasteiger charge is 2.28. The van der Waals surface area contributed by atoms with Gasteiger partial charge in [-0.2, -0.15) is 0 Å². The molecule has 8 nitrogen and oxygen atoms in total. The van der Waals surface area contributed by atoms with Crippen LogP contribution in [0.25, 0.3) is 10.2 Å². The van der Waals surface area contributed by atoms with Crippen LogP contribution in [0.2, 0.25) is 5.02 Å². The Labute approximate surface area is 176 Å². The molecular weight excluding hydrogens is 416 g/mol. The van der Waals surface area contributed by atoms with Gasteiger partial charge in [-0.25, -0.2) is 4.98 Å². The Balaban J connectivity index is 2.07. The maximum Gasteiger partial charge on any atom is 0.282 e. The van der Waals surface area contributed by atoms with Gasteiger partial charge < -0.3 is 9.64 Å². The first kappa shape index (κ1) is 21.0. The summed E-state index contributed by atoms with van der Waals surface area (Å²) in [5.41, 5.74) is 0.351. The number of rotatable bonds is 7. The fraction of sp³-hybridized carbons (Fsp3) is 0.263. The zero-order valence-corrected chi connectivity index (χ0v) is 17.7. The van der Waals surface area contributed by atoms with Crippen LogP contribution in [0.15, 0.2) is 36.4 Å². The van der Waals surface area contributed by atoms with Crippen LogP contribution in [-0.4, -0.2) is 55.0 Å². The van der Waals surface area contributed by atoms with E-state index in [1.807, 2.05) is 31.1 Å². The average Bonchev–Trinajstić information content (AvgIpc) is 3.10. The van der Waals surface area contributed by atoms with Crippen molar-refractivity contribution in [2.45, 2.75) is 0 Å². The van der Waals surface area contributed by atoms with Crippen LogP contribution in [0.4, 0.5) is 10.8 Å². The van der Waals surface area contributed by atoms with Crippen molar-refractivity contribution < 1.29 is 14.5 Å². The third-order valence-corrected chi connectivity index (χ3v) is 5.49. The van der Waals surface area contributed by atoms with E-state index in [4.69, 9.17) is 16.3 Å². The molecule has 1 heterocycles. The number of nitro groups is 1. The number of halogens is 1. The Bertz CT molecular complexity index is 1070. The molecule has 3 aromatic rings. The second-order valence-electron chi connectivity index (χ2n) is 6.51. The summed E-state index contributed by atoms with van der Waals surface area (Å²) in [5, 5.41) is 12.1. The van der Waals surface area contributed by atoms with Crippen LogP contribution in [0.3, 0.4) is 0 Å². The van der Waals surface area contributed by atoms with Crippen molar-refractivity contribution in [3.05, 3.63) is 57.1 Å². The van der Waals surface area contributed by atoms with Gasteiger partial charge in [0.2, 0.25) is 0 Å². The summed E-state index contributed by atoms with van der Waals surface area (Å²) < 4.78 is 6.09. The molecule has 152 valence electrons. The number of benzene rings is 2. The lowest BCUT2D eigenvalue weighted by atomic mass is 10.1. The predicted molar refractivity (Wildman–Crippen MR) is 115 cm³/mol. The lowest BCUT2D eigenvalue weighted by molar-refractivity contribution is -0.385. The number of anilines is 1. The summed E-state index contributed by atoms with van der Waals surface area (Å²) in [6.07, 6.45) is 0. The Morgan fingerprint density at radius 2 is 2.00 bits per heavy atom. The van der Waals surface area contributed by atoms with Crippen molar-refractivity contribution >= 4 is 49.9 Å². The number of carbonyl (C=O) groups excluding carboxylic acids is 1. The van der Waals surface area contributed by atoms with Crippen LogP contribution in [-0.2, 0) is 0 Å². The van der Waals surface area contributed by atoms with Gasteiger partial charge in [-0.1, -0.05) is 22.9 Å². The van der Waals surface area contributed by atoms with E-state index < -0.39 is 10.8 Å². The summed E-state index contributed by atoms with van der Waals surface area (Å²) in [7, 11) is 5.34. The second kappa shape index (κ2) is 8.73. The fourth-order valence-corrected chi connectivity index (χ4v) is 3.89. The maximum absolute atomic E-state index is 13.3. The fourth-order valence-electron chi connectivity index (χ4n) is 2.70. The van der Waals surface area contributed by atoms with Gasteiger partial charge in [0.1, 0.15) is 11.3 Å². The summed E-state index contributed by atoms with van der Waals surface area (Å²) in [6.45, 7) is 0.867. The lowest BCUT2D eigenvalue weighted by Gasteiger charge is -2.22. The highest BCUT2D eigenvalue weighted by atomic mass is 35.5. The number of thiazole rings is 1. The third-order valence-electron chi connectivity index (χ3n) is 4.22. The Morgan fingerprint density at radius 1 is 1.24 bits per heavy atom. The minimum atomic E-state index is -0.586. The second-order valence-corrected chi connectivity index (χ2v) is 7.95. The van der Waals surface area contributed by atoms with Gasteiger partial charge in [-0.05, 0) is 44.4 Å². The van der Waals surface area contributed by atoms with E-state index in [1.165, 1.54) is 34.4 Å². The van der Waals surface area contributed by atoms with Crippen LogP contribution < -0.4 is 9.64 Å². The zero-order valence-electron chi connectivity index (χ0n) is 16.1. The number of ether oxygens (including phenoxy) is 1. The van der Waals surface area contributed by atoms with Crippen molar-refractivity contribution in [3.8, 4) is 5.75 Å². The van der Waals surface area contributed by atoms with E-state index in [9.17, 15) is 14.9 Å². The first-order chi connectivity index (χ1) is 13.8. The third kappa shape index (κ3) is 4.64. The topological polar surface area (TPSA) is 88.8 Å². The van der Waals surface area contributed by atoms with Gasteiger partial charge in [0.25, 0.3) is 11.6 Å². The minimum Gasteiger partial charge on any atom is -0.497 e. The molecule has 0 aliphatic heterocycles. The summed E-state index contributed by atoms with van der Waals surface area (Å²) >= 11 is 7.33. The molecular formula is C19H19ClN4O4S. The van der Waals surface area contributed by atoms with E-state index in [0.717, 1.165) is 4.70 Å². The van der Waals surface area contributed by atoms with Gasteiger partial charge in [0, 0.05) is 24.2 Å². The monoisotopic (exact) mass is 434 g/mol. The molecule has 0 unspecified atom stereocenters. The largest absolute Gasteiger partial charge is 0.497 e. The number of fused-ring (bicyclic) bond motifs is 1. The number of carbonyl (C=O) groups is 1. The van der Waals surface area contributed by atoms with Crippen molar-refractivity contribution in [1.29, 1.82) is 0 Å². The number of amides is 1. The highest BCUT2D eigenvalue weighted by Crippen LogP contribution is 2.33. The van der Waals surface area contributed by atoms with E-state index in [1.54, 1.807) is 13.2 Å². The molecule has 0 bridgehead atoms. The molecule has 0 saturated carbocycles. The van der Waals surface area contributed by atoms with Gasteiger partial charge in [0.05, 0.1) is 22.2 Å². The highest BCUT2D eigenvalue weighted by molar-refractivity contribution is 7.22. The Kier molecular flexibility index (Phi) is 6.31. The Morgan fingerprint density at radius 3 is 2.66 bits per heavy atom. The van der Waals surface area contributed by atoms with Gasteiger partial charge in [-0.3, -0.25) is 19.8 Å². The van der Waals surface area contributed by atoms with Crippen LogP contribution >= 0.6 is 22.9 Å². The van der Waals surface area contributed by atoms with Crippen molar-refractivity contribution in [1.82, 2.24) is 9.88 Å². The number of likely N-dealkylation sites (N-methyl/N-ethyl adjacent to an activating group) is 1. The molecule has 3 rings (SSSR count). The number of aromatic nitrogens is 1. The van der Waals surface area contributed by atoms with Crippen molar-refractivity contribution in [2.75, 3.05) is 39.2 Å². The SMILES string of the molecule is COc1ccc2nc(N(CCN(C)C)C(=O)c3cc(Cl)ccc3[N+](=O)[O-])sc2c1. The van der Waals surface area contributed by atoms with Crippen LogP contribution in [0.5, 0.6) is 5.75 Å². The molecule has 0 radical (unpaired) electrons. The number of methoxy groups -OCH3 is 1. The molecule has 1 amide bonds. The summed E-state index contributed by atoms with van der Waals surface area (Å²) in [5.74, 6) is 0.163. The van der Waals surface area contributed by atoms with Gasteiger partial charge in [-0.15, -0.1) is 0 Å². The van der Waals surface area contributed by atoms with E-state index in [2.05, 4.69) is 4.98 Å². The first-order valence-electron chi connectivity index (χ1n) is 8.65. The smallest absolute Gasteiger partial charge is 0.282 e. The quantitative estimate of drug-likeness (QED) is 0.411. The van der Waals surface area contributed by atoms with E-state index in [0.29, 0.717) is 29.5 Å². The van der Waals surface area contributed by atoms with Gasteiger partial charge in [0.15, 0.2) is 5.13 Å². The molecule has 0 atom stereocenters. The minimum absolute atomic E-state index is 0.0712. The molecule has 2 aromatic carbocycles. The molecule has 1 aromatic heterocycles. The molecule has 0 aliphatic carbocycles. The van der Waals surface area contributed by atoms with Crippen LogP contribution in [0.1, 0.15) is 10.4 Å². The van der Waals surface area contributed by atoms with Crippen LogP contribution in [0, 0.1) is 10.1 Å². The standard InChI is InChI=1S/C19H19ClN4O4S/c1-22(2)8-9-23(18(25)14-10-12(20)4-7-16(14)24(26)27)19-21-15-6-5-13(28-3)11-17(15)29-19/h4-7,10-11H,8-9H2,1-3H3. The zero-order chi connectivity index (χ0) is 21.1. The van der Waals surface area contributed by atoms with E-state index in [-0.39, 0.29) is 16.3 Å². The number of nitro benzene ring substituents is 1. The molecule has 10 heteroatoms. The van der Waals surface area contributed by atoms with Gasteiger partial charge >= 0.3 is 0 Å². The average molecular weight is 435 g/mol. The molecule has 0 saturated heterocycles.